The molecule has 1 aliphatic carbocycles. The summed E-state index contributed by atoms with van der Waals surface area (Å²) in [6.07, 6.45) is 8.62. The molecule has 1 aromatic heterocycles. The van der Waals surface area contributed by atoms with Crippen molar-refractivity contribution in [1.82, 2.24) is 9.88 Å². The number of carboxylic acid groups (broad SMARTS) is 1. The third-order valence-corrected chi connectivity index (χ3v) is 9.15. The summed E-state index contributed by atoms with van der Waals surface area (Å²) < 4.78 is 27.0. The zero-order valence-electron chi connectivity index (χ0n) is 23.9. The molecule has 41 heavy (non-hydrogen) atoms. The quantitative estimate of drug-likeness (QED) is 0.300. The fourth-order valence-corrected chi connectivity index (χ4v) is 6.71. The maximum Gasteiger partial charge on any atom is 0.306 e. The van der Waals surface area contributed by atoms with Crippen LogP contribution in [0.5, 0.6) is 11.6 Å². The number of hydrogen-bond acceptors (Lipinski definition) is 5. The van der Waals surface area contributed by atoms with Crippen LogP contribution in [-0.2, 0) is 17.8 Å². The molecule has 0 radical (unpaired) electrons. The highest BCUT2D eigenvalue weighted by Gasteiger charge is 2.39. The summed E-state index contributed by atoms with van der Waals surface area (Å²) in [6.45, 7) is 4.65. The molecule has 3 atom stereocenters. The number of aromatic nitrogens is 1. The van der Waals surface area contributed by atoms with Crippen LogP contribution < -0.4 is 9.47 Å². The first-order valence-electron chi connectivity index (χ1n) is 15.0. The van der Waals surface area contributed by atoms with Gasteiger partial charge in [0.2, 0.25) is 5.88 Å². The maximum absolute atomic E-state index is 15.0. The van der Waals surface area contributed by atoms with E-state index in [9.17, 15) is 9.90 Å². The summed E-state index contributed by atoms with van der Waals surface area (Å²) in [7, 11) is 1.54. The monoisotopic (exact) mass is 558 g/mol. The number of carboxylic acids is 1. The molecule has 1 N–H and O–H groups in total. The molecule has 1 unspecified atom stereocenters. The molecule has 216 valence electrons. The van der Waals surface area contributed by atoms with Crippen molar-refractivity contribution in [3.8, 4) is 22.8 Å². The highest BCUT2D eigenvalue weighted by atomic mass is 19.1. The lowest BCUT2D eigenvalue weighted by molar-refractivity contribution is -0.142. The average molecular weight is 559 g/mol. The Balaban J connectivity index is 1.31. The second kappa shape index (κ2) is 11.8. The molecule has 0 bridgehead atoms. The third kappa shape index (κ3) is 5.96. The standard InChI is InChI=1S/C34H39FN2O4/c1-21(34(38)39)33(23-7-8-23)25-9-6-22-11-13-30(41-31(22)17-25)24-10-12-27(28-18-32(40-2)36-19-29(28)35)26(16-24)20-37-14-4-3-5-15-37/h6,9-10,12,16-19,21,23,30,33H,3-5,7-8,11,13-15,20H2,1-2H3,(H,38,39)/t21-,30-,33?/m0/s1. The Hall–Kier alpha value is -3.45. The predicted molar refractivity (Wildman–Crippen MR) is 156 cm³/mol. The molecule has 1 saturated heterocycles. The van der Waals surface area contributed by atoms with E-state index in [0.29, 0.717) is 17.4 Å². The first-order chi connectivity index (χ1) is 19.9. The fraction of sp³-hybridized carbons (Fsp3) is 0.471. The van der Waals surface area contributed by atoms with Gasteiger partial charge in [-0.3, -0.25) is 9.69 Å². The highest BCUT2D eigenvalue weighted by Crippen LogP contribution is 2.48. The number of benzene rings is 2. The molecule has 2 aromatic carbocycles. The number of ether oxygens (including phenoxy) is 2. The summed E-state index contributed by atoms with van der Waals surface area (Å²) in [5, 5.41) is 9.75. The van der Waals surface area contributed by atoms with Crippen molar-refractivity contribution in [1.29, 1.82) is 0 Å². The molecule has 6 nitrogen and oxygen atoms in total. The molecular weight excluding hydrogens is 519 g/mol. The van der Waals surface area contributed by atoms with Crippen LogP contribution in [0.25, 0.3) is 11.1 Å². The molecule has 0 spiro atoms. The van der Waals surface area contributed by atoms with Crippen molar-refractivity contribution < 1.29 is 23.8 Å². The Morgan fingerprint density at radius 1 is 1.10 bits per heavy atom. The lowest BCUT2D eigenvalue weighted by Crippen LogP contribution is -2.29. The number of aliphatic carboxylic acids is 1. The van der Waals surface area contributed by atoms with E-state index in [1.807, 2.05) is 13.0 Å². The van der Waals surface area contributed by atoms with Gasteiger partial charge in [0.15, 0.2) is 0 Å². The summed E-state index contributed by atoms with van der Waals surface area (Å²) >= 11 is 0. The highest BCUT2D eigenvalue weighted by molar-refractivity contribution is 5.71. The van der Waals surface area contributed by atoms with Crippen molar-refractivity contribution in [2.75, 3.05) is 20.2 Å². The molecule has 2 fully saturated rings. The van der Waals surface area contributed by atoms with Crippen LogP contribution in [0, 0.1) is 17.7 Å². The Morgan fingerprint density at radius 2 is 1.90 bits per heavy atom. The number of piperidine rings is 1. The van der Waals surface area contributed by atoms with Gasteiger partial charge in [-0.1, -0.05) is 43.7 Å². The maximum atomic E-state index is 15.0. The topological polar surface area (TPSA) is 71.9 Å². The van der Waals surface area contributed by atoms with Crippen molar-refractivity contribution in [2.45, 2.75) is 70.4 Å². The summed E-state index contributed by atoms with van der Waals surface area (Å²) in [4.78, 5) is 18.4. The van der Waals surface area contributed by atoms with Crippen molar-refractivity contribution in [3.05, 3.63) is 76.7 Å². The van der Waals surface area contributed by atoms with E-state index < -0.39 is 11.9 Å². The van der Waals surface area contributed by atoms with Crippen LogP contribution >= 0.6 is 0 Å². The van der Waals surface area contributed by atoms with E-state index in [0.717, 1.165) is 73.3 Å². The van der Waals surface area contributed by atoms with Gasteiger partial charge in [-0.05, 0) is 97.3 Å². The van der Waals surface area contributed by atoms with Gasteiger partial charge in [-0.25, -0.2) is 9.37 Å². The molecule has 0 amide bonds. The van der Waals surface area contributed by atoms with Gasteiger partial charge < -0.3 is 14.6 Å². The Labute approximate surface area is 241 Å². The zero-order chi connectivity index (χ0) is 28.5. The van der Waals surface area contributed by atoms with Gasteiger partial charge in [0.1, 0.15) is 17.7 Å². The predicted octanol–water partition coefficient (Wildman–Crippen LogP) is 7.16. The summed E-state index contributed by atoms with van der Waals surface area (Å²) in [5.41, 5.74) is 5.72. The number of halogens is 1. The number of methoxy groups -OCH3 is 1. The number of likely N-dealkylation sites (tertiary alicyclic amines) is 1. The smallest absolute Gasteiger partial charge is 0.306 e. The van der Waals surface area contributed by atoms with Crippen LogP contribution in [0.1, 0.15) is 79.7 Å². The summed E-state index contributed by atoms with van der Waals surface area (Å²) in [5.74, 6) is 0.127. The van der Waals surface area contributed by atoms with Crippen LogP contribution in [0.4, 0.5) is 4.39 Å². The van der Waals surface area contributed by atoms with Crippen LogP contribution in [0.15, 0.2) is 48.7 Å². The lowest BCUT2D eigenvalue weighted by Gasteiger charge is -2.30. The van der Waals surface area contributed by atoms with Crippen molar-refractivity contribution in [2.24, 2.45) is 11.8 Å². The lowest BCUT2D eigenvalue weighted by atomic mass is 9.82. The Bertz CT molecular complexity index is 1420. The van der Waals surface area contributed by atoms with Crippen LogP contribution in [0.2, 0.25) is 0 Å². The molecule has 3 aliphatic rings. The second-order valence-corrected chi connectivity index (χ2v) is 12.0. The zero-order valence-corrected chi connectivity index (χ0v) is 23.9. The minimum absolute atomic E-state index is 0.00413. The number of aryl methyl sites for hydroxylation is 1. The van der Waals surface area contributed by atoms with E-state index in [2.05, 4.69) is 40.2 Å². The van der Waals surface area contributed by atoms with E-state index in [1.165, 1.54) is 31.0 Å². The molecular formula is C34H39FN2O4. The van der Waals surface area contributed by atoms with E-state index in [1.54, 1.807) is 13.2 Å². The normalized spacial score (nSPS) is 20.5. The number of pyridine rings is 1. The van der Waals surface area contributed by atoms with E-state index in [4.69, 9.17) is 9.47 Å². The van der Waals surface area contributed by atoms with Crippen molar-refractivity contribution in [3.63, 3.8) is 0 Å². The first-order valence-corrected chi connectivity index (χ1v) is 15.0. The average Bonchev–Trinajstić information content (AvgIpc) is 3.83. The fourth-order valence-electron chi connectivity index (χ4n) is 6.71. The largest absolute Gasteiger partial charge is 0.485 e. The molecule has 1 saturated carbocycles. The number of fused-ring (bicyclic) bond motifs is 1. The molecule has 2 aliphatic heterocycles. The third-order valence-electron chi connectivity index (χ3n) is 9.15. The van der Waals surface area contributed by atoms with Crippen molar-refractivity contribution >= 4 is 5.97 Å². The number of nitrogens with zero attached hydrogens (tertiary/aromatic N) is 2. The van der Waals surface area contributed by atoms with Gasteiger partial charge in [0.25, 0.3) is 0 Å². The van der Waals surface area contributed by atoms with Gasteiger partial charge in [-0.2, -0.15) is 0 Å². The Morgan fingerprint density at radius 3 is 2.63 bits per heavy atom. The van der Waals surface area contributed by atoms with Gasteiger partial charge in [0.05, 0.1) is 19.2 Å². The molecule has 3 heterocycles. The molecule has 3 aromatic rings. The van der Waals surface area contributed by atoms with Gasteiger partial charge in [-0.15, -0.1) is 0 Å². The van der Waals surface area contributed by atoms with Crippen LogP contribution in [0.3, 0.4) is 0 Å². The molecule has 6 rings (SSSR count). The minimum Gasteiger partial charge on any atom is -0.485 e. The van der Waals surface area contributed by atoms with E-state index >= 15 is 4.39 Å². The van der Waals surface area contributed by atoms with Gasteiger partial charge in [0, 0.05) is 18.2 Å². The van der Waals surface area contributed by atoms with Gasteiger partial charge >= 0.3 is 5.97 Å². The van der Waals surface area contributed by atoms with E-state index in [-0.39, 0.29) is 17.8 Å². The number of carbonyl (C=O) groups is 1. The first kappa shape index (κ1) is 27.7. The second-order valence-electron chi connectivity index (χ2n) is 12.0. The SMILES string of the molecule is COc1cc(-c2ccc([C@@H]3CCc4ccc(C(C5CC5)[C@H](C)C(=O)O)cc4O3)cc2CN2CCCCC2)c(F)cn1. The number of rotatable bonds is 9. The minimum atomic E-state index is -0.747. The summed E-state index contributed by atoms with van der Waals surface area (Å²) in [6, 6.07) is 14.2. The van der Waals surface area contributed by atoms with Crippen LogP contribution in [-0.4, -0.2) is 41.2 Å². The number of hydrogen-bond donors (Lipinski definition) is 1. The Kier molecular flexibility index (Phi) is 7.98. The molecule has 7 heteroatoms.